The largest absolute Gasteiger partial charge is 0.508 e. The summed E-state index contributed by atoms with van der Waals surface area (Å²) >= 11 is 0. The van der Waals surface area contributed by atoms with Gasteiger partial charge in [0.2, 0.25) is 11.8 Å². The van der Waals surface area contributed by atoms with Gasteiger partial charge < -0.3 is 10.4 Å². The second kappa shape index (κ2) is 11.1. The number of phenolic OH excluding ortho intramolecular Hbond substituents is 1. The highest BCUT2D eigenvalue weighted by molar-refractivity contribution is 6.02. The Hall–Kier alpha value is -4.79. The molecule has 1 fully saturated rings. The number of nitrogens with one attached hydrogen (secondary N) is 1. The molecule has 2 amide bonds. The topological polar surface area (TPSA) is 113 Å². The first-order chi connectivity index (χ1) is 19.6. The molecule has 0 spiro atoms. The molecular formula is C31H30N6O3. The second-order valence-corrected chi connectivity index (χ2v) is 10.2. The fourth-order valence-corrected chi connectivity index (χ4v) is 5.47. The van der Waals surface area contributed by atoms with Crippen LogP contribution in [0.3, 0.4) is 0 Å². The van der Waals surface area contributed by atoms with Gasteiger partial charge in [-0.1, -0.05) is 66.9 Å². The molecule has 1 atom stereocenters. The number of rotatable bonds is 7. The highest BCUT2D eigenvalue weighted by Crippen LogP contribution is 2.32. The first kappa shape index (κ1) is 25.5. The number of para-hydroxylation sites is 2. The lowest BCUT2D eigenvalue weighted by atomic mass is 9.94. The summed E-state index contributed by atoms with van der Waals surface area (Å²) in [6, 6.07) is 22.4. The van der Waals surface area contributed by atoms with Crippen LogP contribution in [0.5, 0.6) is 5.75 Å². The third-order valence-electron chi connectivity index (χ3n) is 7.50. The van der Waals surface area contributed by atoms with Gasteiger partial charge in [-0.2, -0.15) is 0 Å². The van der Waals surface area contributed by atoms with Crippen LogP contribution in [0.25, 0.3) is 21.9 Å². The van der Waals surface area contributed by atoms with Crippen molar-refractivity contribution in [3.8, 4) is 5.75 Å². The van der Waals surface area contributed by atoms with Crippen LogP contribution in [0.2, 0.25) is 0 Å². The number of carbonyl (C=O) groups excluding carboxylic acids is 2. The molecule has 1 saturated carbocycles. The van der Waals surface area contributed by atoms with Gasteiger partial charge in [0.05, 0.1) is 22.9 Å². The van der Waals surface area contributed by atoms with E-state index in [4.69, 9.17) is 0 Å². The van der Waals surface area contributed by atoms with Crippen molar-refractivity contribution in [3.05, 3.63) is 90.6 Å². The number of hydrogen-bond donors (Lipinski definition) is 2. The number of amides is 2. The van der Waals surface area contributed by atoms with Crippen molar-refractivity contribution in [3.63, 3.8) is 0 Å². The first-order valence-corrected chi connectivity index (χ1v) is 13.6. The molecule has 1 aliphatic carbocycles. The van der Waals surface area contributed by atoms with Crippen LogP contribution in [0.4, 0.5) is 5.69 Å². The van der Waals surface area contributed by atoms with Crippen LogP contribution in [-0.4, -0.2) is 42.9 Å². The fraction of sp³-hybridized carbons (Fsp3) is 0.258. The molecule has 0 saturated heterocycles. The summed E-state index contributed by atoms with van der Waals surface area (Å²) < 4.78 is 1.55. The molecule has 9 heteroatoms. The summed E-state index contributed by atoms with van der Waals surface area (Å²) in [6.45, 7) is -0.126. The molecule has 202 valence electrons. The monoisotopic (exact) mass is 534 g/mol. The van der Waals surface area contributed by atoms with Crippen molar-refractivity contribution in [2.45, 2.75) is 50.7 Å². The zero-order valence-corrected chi connectivity index (χ0v) is 22.0. The Labute approximate surface area is 231 Å². The van der Waals surface area contributed by atoms with E-state index in [1.54, 1.807) is 23.0 Å². The maximum Gasteiger partial charge on any atom is 0.249 e. The quantitative estimate of drug-likeness (QED) is 0.307. The minimum Gasteiger partial charge on any atom is -0.508 e. The number of aromatic hydroxyl groups is 1. The van der Waals surface area contributed by atoms with Crippen LogP contribution in [0.1, 0.15) is 43.7 Å². The normalized spacial score (nSPS) is 14.7. The van der Waals surface area contributed by atoms with Gasteiger partial charge in [-0.15, -0.1) is 5.10 Å². The van der Waals surface area contributed by atoms with Crippen LogP contribution in [0, 0.1) is 0 Å². The number of aromatic nitrogens is 4. The number of anilines is 1. The fourth-order valence-electron chi connectivity index (χ4n) is 5.47. The third-order valence-corrected chi connectivity index (χ3v) is 7.50. The molecule has 9 nitrogen and oxygen atoms in total. The van der Waals surface area contributed by atoms with E-state index in [0.717, 1.165) is 48.5 Å². The van der Waals surface area contributed by atoms with E-state index in [0.29, 0.717) is 16.8 Å². The third kappa shape index (κ3) is 5.22. The molecule has 0 unspecified atom stereocenters. The zero-order chi connectivity index (χ0) is 27.5. The van der Waals surface area contributed by atoms with Crippen molar-refractivity contribution in [2.75, 3.05) is 4.90 Å². The van der Waals surface area contributed by atoms with Crippen LogP contribution in [-0.2, 0) is 16.1 Å². The second-order valence-electron chi connectivity index (χ2n) is 10.2. The lowest BCUT2D eigenvalue weighted by Gasteiger charge is -2.33. The Balaban J connectivity index is 1.45. The van der Waals surface area contributed by atoms with Gasteiger partial charge in [-0.3, -0.25) is 19.5 Å². The summed E-state index contributed by atoms with van der Waals surface area (Å²) in [5.74, 6) is -0.540. The van der Waals surface area contributed by atoms with Crippen molar-refractivity contribution in [1.29, 1.82) is 0 Å². The number of fused-ring (bicyclic) bond motifs is 2. The summed E-state index contributed by atoms with van der Waals surface area (Å²) in [5.41, 5.74) is 3.26. The summed E-state index contributed by atoms with van der Waals surface area (Å²) in [7, 11) is 0. The maximum atomic E-state index is 14.2. The number of pyridine rings is 1. The van der Waals surface area contributed by atoms with Gasteiger partial charge in [0.1, 0.15) is 23.9 Å². The van der Waals surface area contributed by atoms with Crippen molar-refractivity contribution in [2.24, 2.45) is 0 Å². The van der Waals surface area contributed by atoms with Crippen LogP contribution >= 0.6 is 0 Å². The molecule has 40 heavy (non-hydrogen) atoms. The molecule has 0 radical (unpaired) electrons. The first-order valence-electron chi connectivity index (χ1n) is 13.6. The van der Waals surface area contributed by atoms with Crippen molar-refractivity contribution >= 4 is 39.4 Å². The van der Waals surface area contributed by atoms with Crippen molar-refractivity contribution in [1.82, 2.24) is 25.3 Å². The minimum atomic E-state index is -0.993. The molecule has 0 bridgehead atoms. The average molecular weight is 535 g/mol. The predicted molar refractivity (Wildman–Crippen MR) is 153 cm³/mol. The summed E-state index contributed by atoms with van der Waals surface area (Å²) in [6.07, 6.45) is 6.72. The summed E-state index contributed by atoms with van der Waals surface area (Å²) in [5, 5.41) is 22.5. The van der Waals surface area contributed by atoms with E-state index in [9.17, 15) is 14.7 Å². The zero-order valence-electron chi connectivity index (χ0n) is 22.0. The molecule has 3 aromatic carbocycles. The van der Waals surface area contributed by atoms with Gasteiger partial charge in [0, 0.05) is 11.4 Å². The van der Waals surface area contributed by atoms with E-state index < -0.39 is 6.04 Å². The van der Waals surface area contributed by atoms with Gasteiger partial charge in [-0.05, 0) is 54.8 Å². The Morgan fingerprint density at radius 2 is 1.68 bits per heavy atom. The van der Waals surface area contributed by atoms with E-state index in [1.165, 1.54) is 17.0 Å². The summed E-state index contributed by atoms with van der Waals surface area (Å²) in [4.78, 5) is 34.4. The number of carbonyl (C=O) groups is 2. The van der Waals surface area contributed by atoms with E-state index in [1.807, 2.05) is 54.6 Å². The molecule has 2 N–H and O–H groups in total. The van der Waals surface area contributed by atoms with Crippen LogP contribution < -0.4 is 10.2 Å². The molecule has 0 aliphatic heterocycles. The molecule has 5 aromatic rings. The number of hydrogen-bond acceptors (Lipinski definition) is 6. The predicted octanol–water partition coefficient (Wildman–Crippen LogP) is 4.91. The number of benzene rings is 3. The highest BCUT2D eigenvalue weighted by atomic mass is 16.3. The van der Waals surface area contributed by atoms with Gasteiger partial charge in [0.25, 0.3) is 0 Å². The minimum absolute atomic E-state index is 0.0480. The van der Waals surface area contributed by atoms with E-state index >= 15 is 0 Å². The smallest absolute Gasteiger partial charge is 0.249 e. The molecule has 6 rings (SSSR count). The highest BCUT2D eigenvalue weighted by Gasteiger charge is 2.35. The van der Waals surface area contributed by atoms with E-state index in [-0.39, 0.29) is 30.2 Å². The lowest BCUT2D eigenvalue weighted by molar-refractivity contribution is -0.127. The SMILES string of the molecule is O=C(NC1CCCCC1)[C@@H](c1ccc(O)cc1)N(C(=O)Cn1nnc2ccccc21)c1cnc2ccccc2c1. The molecule has 2 heterocycles. The van der Waals surface area contributed by atoms with Gasteiger partial charge >= 0.3 is 0 Å². The number of phenols is 1. The molecule has 2 aromatic heterocycles. The van der Waals surface area contributed by atoms with Crippen molar-refractivity contribution < 1.29 is 14.7 Å². The Bertz CT molecular complexity index is 1660. The lowest BCUT2D eigenvalue weighted by Crippen LogP contribution is -2.48. The molecular weight excluding hydrogens is 504 g/mol. The Morgan fingerprint density at radius 3 is 2.48 bits per heavy atom. The Morgan fingerprint density at radius 1 is 0.950 bits per heavy atom. The van der Waals surface area contributed by atoms with Gasteiger partial charge in [0.15, 0.2) is 0 Å². The molecule has 1 aliphatic rings. The van der Waals surface area contributed by atoms with Crippen LogP contribution in [0.15, 0.2) is 85.1 Å². The average Bonchev–Trinajstić information content (AvgIpc) is 3.39. The van der Waals surface area contributed by atoms with E-state index in [2.05, 4.69) is 20.6 Å². The van der Waals surface area contributed by atoms with Gasteiger partial charge in [-0.25, -0.2) is 4.68 Å². The maximum absolute atomic E-state index is 14.2. The Kier molecular flexibility index (Phi) is 7.09. The number of nitrogens with zero attached hydrogens (tertiary/aromatic N) is 5. The standard InChI is InChI=1S/C31H30N6O3/c38-25-16-14-21(15-17-25)30(31(40)33-23-9-2-1-3-10-23)37(24-18-22-8-4-5-11-26(22)32-19-24)29(39)20-36-28-13-7-6-12-27(28)34-35-36/h4-8,11-19,23,30,38H,1-3,9-10,20H2,(H,33,40)/t30-/m1/s1.